The number of primary amides is 1. The molecule has 0 saturated carbocycles. The second kappa shape index (κ2) is 21.3. The molecule has 1 fully saturated rings. The van der Waals surface area contributed by atoms with Crippen molar-refractivity contribution >= 4 is 91.3 Å². The van der Waals surface area contributed by atoms with Gasteiger partial charge in [0.2, 0.25) is 17.7 Å². The zero-order valence-corrected chi connectivity index (χ0v) is 21.4. The number of nitrogens with one attached hydrogen (secondary N) is 1. The quantitative estimate of drug-likeness (QED) is 0.201. The van der Waals surface area contributed by atoms with E-state index in [1.807, 2.05) is 0 Å². The van der Waals surface area contributed by atoms with Crippen molar-refractivity contribution in [2.45, 2.75) is 32.2 Å². The van der Waals surface area contributed by atoms with Crippen LogP contribution in [0.2, 0.25) is 0 Å². The summed E-state index contributed by atoms with van der Waals surface area (Å²) in [4.78, 5) is 42.1. The van der Waals surface area contributed by atoms with Crippen LogP contribution in [0, 0.1) is 0 Å². The number of hydrogen-bond donors (Lipinski definition) is 4. The molecule has 1 saturated heterocycles. The number of nitrogens with zero attached hydrogens (tertiary/aromatic N) is 1. The Morgan fingerprint density at radius 1 is 1.24 bits per heavy atom. The van der Waals surface area contributed by atoms with Crippen LogP contribution in [0.4, 0.5) is 0 Å². The van der Waals surface area contributed by atoms with E-state index >= 15 is 0 Å². The molecule has 5 N–H and O–H groups in total. The van der Waals surface area contributed by atoms with Crippen LogP contribution in [0.3, 0.4) is 0 Å². The molecule has 0 aromatic rings. The predicted molar refractivity (Wildman–Crippen MR) is 129 cm³/mol. The first kappa shape index (κ1) is 39.0. The molecular formula is C19H31N3Na2O8S. The van der Waals surface area contributed by atoms with Crippen molar-refractivity contribution in [1.29, 1.82) is 0 Å². The van der Waals surface area contributed by atoms with Gasteiger partial charge < -0.3 is 16.0 Å². The summed E-state index contributed by atoms with van der Waals surface area (Å²) < 4.78 is 31.1. The summed E-state index contributed by atoms with van der Waals surface area (Å²) in [6, 6.07) is 0. The minimum atomic E-state index is -4.08. The number of carboxylic acid groups (broad SMARTS) is 1. The minimum absolute atomic E-state index is 0. The van der Waals surface area contributed by atoms with Crippen LogP contribution in [0.5, 0.6) is 0 Å². The molecule has 11 nitrogen and oxygen atoms in total. The van der Waals surface area contributed by atoms with E-state index in [4.69, 9.17) is 9.66 Å². The van der Waals surface area contributed by atoms with Crippen LogP contribution < -0.4 is 11.1 Å². The van der Waals surface area contributed by atoms with Gasteiger partial charge in [-0.25, -0.2) is 0 Å². The SMILES string of the molecule is C=CC(=O)NC(C)(C)CS(=O)(=O)O.C=CC(N)=O.C=CN1CCCC1=O.O=C(O)C=[CH][Na].[NaH]. The van der Waals surface area contributed by atoms with Crippen molar-refractivity contribution < 1.29 is 37.3 Å². The van der Waals surface area contributed by atoms with Crippen molar-refractivity contribution in [2.75, 3.05) is 12.3 Å². The third-order valence-corrected chi connectivity index (χ3v) is 4.45. The second-order valence-corrected chi connectivity index (χ2v) is 8.74. The van der Waals surface area contributed by atoms with E-state index in [1.165, 1.54) is 13.8 Å². The molecule has 0 atom stereocenters. The monoisotopic (exact) mass is 507 g/mol. The Morgan fingerprint density at radius 3 is 1.91 bits per heavy atom. The summed E-state index contributed by atoms with van der Waals surface area (Å²) in [6.45, 7) is 13.6. The van der Waals surface area contributed by atoms with Crippen LogP contribution in [-0.4, -0.2) is 122 Å². The Hall–Kier alpha value is -1.25. The molecule has 0 aliphatic carbocycles. The molecule has 0 unspecified atom stereocenters. The Bertz CT molecular complexity index is 812. The van der Waals surface area contributed by atoms with E-state index in [0.29, 0.717) is 6.42 Å². The van der Waals surface area contributed by atoms with Crippen molar-refractivity contribution in [3.8, 4) is 0 Å². The molecule has 3 amide bonds. The van der Waals surface area contributed by atoms with Crippen molar-refractivity contribution in [1.82, 2.24) is 10.2 Å². The van der Waals surface area contributed by atoms with Gasteiger partial charge >= 0.3 is 82.8 Å². The summed E-state index contributed by atoms with van der Waals surface area (Å²) in [6.07, 6.45) is 6.52. The van der Waals surface area contributed by atoms with Crippen LogP contribution in [0.1, 0.15) is 26.7 Å². The van der Waals surface area contributed by atoms with Gasteiger partial charge in [-0.05, 0) is 38.6 Å². The normalized spacial score (nSPS) is 12.3. The summed E-state index contributed by atoms with van der Waals surface area (Å²) >= 11 is 0.825. The van der Waals surface area contributed by atoms with E-state index < -0.39 is 39.2 Å². The summed E-state index contributed by atoms with van der Waals surface area (Å²) in [5.41, 5.74) is 3.53. The fraction of sp³-hybridized carbons (Fsp3) is 0.368. The standard InChI is InChI=1S/C7H13NO4S.C6H9NO.C3H5NO.C3H3O2.2Na.H/c1-4-6(9)8-7(2,3)5-13(10,11)12;1-2-7-5-3-4-6(7)8;2*1-2-3(4)5;;;/h4H,1,5H2,2-3H3,(H,8,9)(H,10,11,12);2H,1,3-5H2;2H,1H2,(H2,4,5);1-2H,(H,4,5);;;. The zero-order chi connectivity index (χ0) is 26.0. The summed E-state index contributed by atoms with van der Waals surface area (Å²) in [5, 5.41) is 10.2. The molecule has 0 radical (unpaired) electrons. The molecule has 1 aliphatic rings. The summed E-state index contributed by atoms with van der Waals surface area (Å²) in [7, 11) is -4.08. The molecule has 0 aromatic heterocycles. The maximum absolute atomic E-state index is 10.8. The first-order valence-corrected chi connectivity index (χ1v) is 11.9. The molecule has 0 bridgehead atoms. The van der Waals surface area contributed by atoms with E-state index in [-0.39, 0.29) is 35.5 Å². The summed E-state index contributed by atoms with van der Waals surface area (Å²) in [5.74, 6) is -2.14. The number of aliphatic carboxylic acids is 1. The third-order valence-electron chi connectivity index (χ3n) is 3.03. The molecule has 1 rings (SSSR count). The number of carbonyl (C=O) groups is 4. The van der Waals surface area contributed by atoms with Gasteiger partial charge in [-0.3, -0.25) is 18.9 Å². The Balaban J connectivity index is -0.000000181. The fourth-order valence-corrected chi connectivity index (χ4v) is 3.15. The maximum atomic E-state index is 10.8. The number of carboxylic acids is 1. The zero-order valence-electron chi connectivity index (χ0n) is 18.6. The van der Waals surface area contributed by atoms with Crippen molar-refractivity contribution in [3.63, 3.8) is 0 Å². The van der Waals surface area contributed by atoms with Gasteiger partial charge in [0.15, 0.2) is 0 Å². The number of amides is 3. The molecule has 1 heterocycles. The molecule has 33 heavy (non-hydrogen) atoms. The topological polar surface area (TPSA) is 184 Å². The molecule has 178 valence electrons. The van der Waals surface area contributed by atoms with Crippen LogP contribution in [0.15, 0.2) is 47.5 Å². The first-order chi connectivity index (χ1) is 14.5. The number of carbonyl (C=O) groups excluding carboxylic acids is 3. The van der Waals surface area contributed by atoms with E-state index in [0.717, 1.165) is 59.1 Å². The van der Waals surface area contributed by atoms with E-state index in [1.54, 1.807) is 14.4 Å². The van der Waals surface area contributed by atoms with Crippen LogP contribution in [-0.2, 0) is 29.3 Å². The van der Waals surface area contributed by atoms with Gasteiger partial charge in [-0.15, -0.1) is 0 Å². The van der Waals surface area contributed by atoms with Gasteiger partial charge in [-0.1, -0.05) is 19.7 Å². The molecule has 0 spiro atoms. The van der Waals surface area contributed by atoms with Gasteiger partial charge in [0.25, 0.3) is 10.1 Å². The van der Waals surface area contributed by atoms with E-state index in [2.05, 4.69) is 30.8 Å². The first-order valence-electron chi connectivity index (χ1n) is 9.14. The van der Waals surface area contributed by atoms with Gasteiger partial charge in [0, 0.05) is 13.0 Å². The Labute approximate surface area is 234 Å². The Morgan fingerprint density at radius 2 is 1.73 bits per heavy atom. The molecule has 0 aromatic carbocycles. The average molecular weight is 508 g/mol. The van der Waals surface area contributed by atoms with Crippen molar-refractivity contribution in [2.24, 2.45) is 5.73 Å². The second-order valence-electron chi connectivity index (χ2n) is 6.62. The number of hydrogen-bond acceptors (Lipinski definition) is 6. The average Bonchev–Trinajstić information content (AvgIpc) is 3.05. The number of nitrogens with two attached hydrogens (primary N) is 1. The van der Waals surface area contributed by atoms with Gasteiger partial charge in [0.1, 0.15) is 0 Å². The number of likely N-dealkylation sites (tertiary alicyclic amines) is 1. The molecule has 14 heteroatoms. The fourth-order valence-electron chi connectivity index (χ4n) is 1.88. The van der Waals surface area contributed by atoms with Gasteiger partial charge in [-0.2, -0.15) is 8.42 Å². The number of rotatable bonds is 7. The van der Waals surface area contributed by atoms with Gasteiger partial charge in [0.05, 0.1) is 11.3 Å². The van der Waals surface area contributed by atoms with Crippen LogP contribution >= 0.6 is 0 Å². The Kier molecular flexibility index (Phi) is 25.2. The third kappa shape index (κ3) is 30.8. The van der Waals surface area contributed by atoms with E-state index in [9.17, 15) is 27.6 Å². The predicted octanol–water partition coefficient (Wildman–Crippen LogP) is -0.530. The van der Waals surface area contributed by atoms with Crippen molar-refractivity contribution in [3.05, 3.63) is 47.5 Å². The van der Waals surface area contributed by atoms with Crippen LogP contribution in [0.25, 0.3) is 0 Å². The molecule has 1 aliphatic heterocycles. The molecular weight excluding hydrogens is 476 g/mol.